The SMILES string of the molecule is C/C=C\C(=O)N(CCC(=O)O)C(C)C. The van der Waals surface area contributed by atoms with Crippen LogP contribution in [0.2, 0.25) is 0 Å². The minimum absolute atomic E-state index is 0.0124. The van der Waals surface area contributed by atoms with E-state index >= 15 is 0 Å². The molecule has 0 unspecified atom stereocenters. The summed E-state index contributed by atoms with van der Waals surface area (Å²) in [4.78, 5) is 23.3. The third kappa shape index (κ3) is 4.64. The van der Waals surface area contributed by atoms with Crippen molar-refractivity contribution in [2.75, 3.05) is 6.54 Å². The number of amides is 1. The zero-order valence-corrected chi connectivity index (χ0v) is 8.86. The summed E-state index contributed by atoms with van der Waals surface area (Å²) in [6, 6.07) is 0.0260. The molecule has 1 N–H and O–H groups in total. The number of rotatable bonds is 5. The van der Waals surface area contributed by atoms with Crippen LogP contribution in [0.1, 0.15) is 27.2 Å². The first-order valence-corrected chi connectivity index (χ1v) is 4.64. The average Bonchev–Trinajstić information content (AvgIpc) is 2.03. The van der Waals surface area contributed by atoms with E-state index in [1.807, 2.05) is 13.8 Å². The lowest BCUT2D eigenvalue weighted by molar-refractivity contribution is -0.138. The van der Waals surface area contributed by atoms with Crippen LogP contribution in [0.3, 0.4) is 0 Å². The van der Waals surface area contributed by atoms with Gasteiger partial charge in [0.25, 0.3) is 0 Å². The van der Waals surface area contributed by atoms with Crippen LogP contribution in [-0.4, -0.2) is 34.5 Å². The predicted octanol–water partition coefficient (Wildman–Crippen LogP) is 1.27. The summed E-state index contributed by atoms with van der Waals surface area (Å²) in [5, 5.41) is 8.50. The largest absolute Gasteiger partial charge is 0.481 e. The Hall–Kier alpha value is -1.32. The van der Waals surface area contributed by atoms with Gasteiger partial charge in [0.2, 0.25) is 5.91 Å². The van der Waals surface area contributed by atoms with E-state index in [9.17, 15) is 9.59 Å². The molecule has 0 aromatic rings. The standard InChI is InChI=1S/C10H17NO3/c1-4-5-9(12)11(8(2)3)7-6-10(13)14/h4-5,8H,6-7H2,1-3H3,(H,13,14)/b5-4-. The molecule has 0 saturated carbocycles. The number of hydrogen-bond acceptors (Lipinski definition) is 2. The second kappa shape index (κ2) is 6.18. The summed E-state index contributed by atoms with van der Waals surface area (Å²) >= 11 is 0. The van der Waals surface area contributed by atoms with Gasteiger partial charge in [0.15, 0.2) is 0 Å². The van der Waals surface area contributed by atoms with E-state index in [1.165, 1.54) is 11.0 Å². The zero-order valence-electron chi connectivity index (χ0n) is 8.86. The lowest BCUT2D eigenvalue weighted by Crippen LogP contribution is -2.37. The molecule has 0 aromatic heterocycles. The Labute approximate surface area is 84.2 Å². The highest BCUT2D eigenvalue weighted by Gasteiger charge is 2.14. The van der Waals surface area contributed by atoms with E-state index in [-0.39, 0.29) is 24.9 Å². The molecule has 0 spiro atoms. The lowest BCUT2D eigenvalue weighted by atomic mass is 10.2. The molecule has 4 nitrogen and oxygen atoms in total. The van der Waals surface area contributed by atoms with Gasteiger partial charge in [-0.3, -0.25) is 9.59 Å². The van der Waals surface area contributed by atoms with Crippen molar-refractivity contribution in [1.82, 2.24) is 4.90 Å². The van der Waals surface area contributed by atoms with E-state index in [1.54, 1.807) is 13.0 Å². The van der Waals surface area contributed by atoms with Gasteiger partial charge >= 0.3 is 5.97 Å². The van der Waals surface area contributed by atoms with Gasteiger partial charge in [0.1, 0.15) is 0 Å². The molecule has 80 valence electrons. The van der Waals surface area contributed by atoms with Gasteiger partial charge < -0.3 is 10.0 Å². The molecule has 0 fully saturated rings. The highest BCUT2D eigenvalue weighted by molar-refractivity contribution is 5.88. The van der Waals surface area contributed by atoms with Crippen molar-refractivity contribution in [3.8, 4) is 0 Å². The number of aliphatic carboxylic acids is 1. The van der Waals surface area contributed by atoms with Crippen molar-refractivity contribution < 1.29 is 14.7 Å². The first kappa shape index (κ1) is 12.7. The molecule has 0 aliphatic heterocycles. The van der Waals surface area contributed by atoms with Crippen LogP contribution in [0.15, 0.2) is 12.2 Å². The molecule has 0 aliphatic carbocycles. The topological polar surface area (TPSA) is 57.6 Å². The third-order valence-electron chi connectivity index (χ3n) is 1.78. The van der Waals surface area contributed by atoms with Crippen LogP contribution in [0.5, 0.6) is 0 Å². The van der Waals surface area contributed by atoms with Crippen molar-refractivity contribution in [2.45, 2.75) is 33.2 Å². The summed E-state index contributed by atoms with van der Waals surface area (Å²) in [5.74, 6) is -1.02. The third-order valence-corrected chi connectivity index (χ3v) is 1.78. The Bertz CT molecular complexity index is 234. The highest BCUT2D eigenvalue weighted by atomic mass is 16.4. The summed E-state index contributed by atoms with van der Waals surface area (Å²) in [5.41, 5.74) is 0. The summed E-state index contributed by atoms with van der Waals surface area (Å²) < 4.78 is 0. The van der Waals surface area contributed by atoms with Crippen molar-refractivity contribution in [3.63, 3.8) is 0 Å². The van der Waals surface area contributed by atoms with Crippen LogP contribution in [-0.2, 0) is 9.59 Å². The van der Waals surface area contributed by atoms with E-state index in [0.717, 1.165) is 0 Å². The van der Waals surface area contributed by atoms with Crippen LogP contribution < -0.4 is 0 Å². The molecule has 0 atom stereocenters. The summed E-state index contributed by atoms with van der Waals surface area (Å²) in [6.45, 7) is 5.75. The second-order valence-corrected chi connectivity index (χ2v) is 3.27. The number of carboxylic acid groups (broad SMARTS) is 1. The molecule has 1 amide bonds. The average molecular weight is 199 g/mol. The van der Waals surface area contributed by atoms with Gasteiger partial charge in [-0.05, 0) is 26.8 Å². The Balaban J connectivity index is 4.29. The van der Waals surface area contributed by atoms with Gasteiger partial charge in [-0.1, -0.05) is 6.08 Å². The molecular formula is C10H17NO3. The fourth-order valence-electron chi connectivity index (χ4n) is 1.08. The summed E-state index contributed by atoms with van der Waals surface area (Å²) in [7, 11) is 0. The lowest BCUT2D eigenvalue weighted by Gasteiger charge is -2.24. The molecule has 14 heavy (non-hydrogen) atoms. The molecule has 0 heterocycles. The quantitative estimate of drug-likeness (QED) is 0.678. The Morgan fingerprint density at radius 2 is 2.00 bits per heavy atom. The number of allylic oxidation sites excluding steroid dienone is 1. The normalized spacial score (nSPS) is 10.9. The Kier molecular flexibility index (Phi) is 5.60. The van der Waals surface area contributed by atoms with Crippen LogP contribution in [0.4, 0.5) is 0 Å². The first-order chi connectivity index (χ1) is 6.49. The van der Waals surface area contributed by atoms with Crippen LogP contribution in [0, 0.1) is 0 Å². The number of carbonyl (C=O) groups excluding carboxylic acids is 1. The van der Waals surface area contributed by atoms with Crippen molar-refractivity contribution in [3.05, 3.63) is 12.2 Å². The van der Waals surface area contributed by atoms with E-state index in [4.69, 9.17) is 5.11 Å². The second-order valence-electron chi connectivity index (χ2n) is 3.27. The van der Waals surface area contributed by atoms with Gasteiger partial charge in [0, 0.05) is 12.6 Å². The number of carbonyl (C=O) groups is 2. The van der Waals surface area contributed by atoms with E-state index < -0.39 is 5.97 Å². The molecule has 0 bridgehead atoms. The fourth-order valence-corrected chi connectivity index (χ4v) is 1.08. The monoisotopic (exact) mass is 199 g/mol. The maximum Gasteiger partial charge on any atom is 0.305 e. The predicted molar refractivity (Wildman–Crippen MR) is 53.9 cm³/mol. The number of nitrogens with zero attached hydrogens (tertiary/aromatic N) is 1. The molecule has 0 aromatic carbocycles. The smallest absolute Gasteiger partial charge is 0.305 e. The highest BCUT2D eigenvalue weighted by Crippen LogP contribution is 2.01. The number of hydrogen-bond donors (Lipinski definition) is 1. The molecule has 0 saturated heterocycles. The maximum atomic E-state index is 11.4. The van der Waals surface area contributed by atoms with E-state index in [2.05, 4.69) is 0 Å². The zero-order chi connectivity index (χ0) is 11.1. The van der Waals surface area contributed by atoms with Gasteiger partial charge in [-0.15, -0.1) is 0 Å². The van der Waals surface area contributed by atoms with Crippen LogP contribution in [0.25, 0.3) is 0 Å². The molecule has 0 aliphatic rings. The molecule has 0 rings (SSSR count). The summed E-state index contributed by atoms with van der Waals surface area (Å²) in [6.07, 6.45) is 3.09. The molecular weight excluding hydrogens is 182 g/mol. The van der Waals surface area contributed by atoms with Crippen molar-refractivity contribution in [2.24, 2.45) is 0 Å². The van der Waals surface area contributed by atoms with Crippen molar-refractivity contribution in [1.29, 1.82) is 0 Å². The van der Waals surface area contributed by atoms with Gasteiger partial charge in [-0.2, -0.15) is 0 Å². The Morgan fingerprint density at radius 1 is 1.43 bits per heavy atom. The Morgan fingerprint density at radius 3 is 2.36 bits per heavy atom. The number of carboxylic acids is 1. The van der Waals surface area contributed by atoms with Gasteiger partial charge in [0.05, 0.1) is 6.42 Å². The van der Waals surface area contributed by atoms with Gasteiger partial charge in [-0.25, -0.2) is 0 Å². The maximum absolute atomic E-state index is 11.4. The fraction of sp³-hybridized carbons (Fsp3) is 0.600. The van der Waals surface area contributed by atoms with Crippen LogP contribution >= 0.6 is 0 Å². The minimum Gasteiger partial charge on any atom is -0.481 e. The molecule has 4 heteroatoms. The molecule has 0 radical (unpaired) electrons. The minimum atomic E-state index is -0.885. The first-order valence-electron chi connectivity index (χ1n) is 4.64. The van der Waals surface area contributed by atoms with E-state index in [0.29, 0.717) is 0 Å². The van der Waals surface area contributed by atoms with Crippen molar-refractivity contribution >= 4 is 11.9 Å².